The Morgan fingerprint density at radius 1 is 1.50 bits per heavy atom. The molecule has 1 aromatic carbocycles. The first kappa shape index (κ1) is 10.1. The van der Waals surface area contributed by atoms with Crippen molar-refractivity contribution in [2.75, 3.05) is 0 Å². The van der Waals surface area contributed by atoms with Crippen molar-refractivity contribution in [2.45, 2.75) is 6.43 Å². The summed E-state index contributed by atoms with van der Waals surface area (Å²) in [5, 5.41) is 18.8. The number of rotatable bonds is 2. The van der Waals surface area contributed by atoms with E-state index < -0.39 is 22.6 Å². The first-order valence-electron chi connectivity index (χ1n) is 3.53. The highest BCUT2D eigenvalue weighted by Gasteiger charge is 2.21. The lowest BCUT2D eigenvalue weighted by Crippen LogP contribution is -1.96. The number of alkyl halides is 2. The van der Waals surface area contributed by atoms with Gasteiger partial charge in [0.05, 0.1) is 22.1 Å². The van der Waals surface area contributed by atoms with Gasteiger partial charge < -0.3 is 0 Å². The van der Waals surface area contributed by atoms with E-state index in [1.807, 2.05) is 0 Å². The molecule has 0 aliphatic carbocycles. The lowest BCUT2D eigenvalue weighted by molar-refractivity contribution is -0.386. The third kappa shape index (κ3) is 1.82. The van der Waals surface area contributed by atoms with E-state index in [0.717, 1.165) is 18.2 Å². The molecule has 0 aromatic heterocycles. The third-order valence-electron chi connectivity index (χ3n) is 1.59. The molecule has 0 aliphatic rings. The molecule has 0 heterocycles. The van der Waals surface area contributed by atoms with Gasteiger partial charge in [-0.25, -0.2) is 8.78 Å². The fraction of sp³-hybridized carbons (Fsp3) is 0.125. The van der Waals surface area contributed by atoms with Gasteiger partial charge in [0.1, 0.15) is 0 Å². The molecular formula is C8H4F2N2O2. The second-order valence-electron chi connectivity index (χ2n) is 2.44. The van der Waals surface area contributed by atoms with Crippen LogP contribution in [-0.4, -0.2) is 4.92 Å². The van der Waals surface area contributed by atoms with E-state index >= 15 is 0 Å². The summed E-state index contributed by atoms with van der Waals surface area (Å²) in [6, 6.07) is 4.48. The molecule has 0 fully saturated rings. The smallest absolute Gasteiger partial charge is 0.258 e. The predicted molar refractivity (Wildman–Crippen MR) is 42.8 cm³/mol. The molecule has 0 N–H and O–H groups in total. The van der Waals surface area contributed by atoms with Crippen molar-refractivity contribution in [3.8, 4) is 6.07 Å². The Labute approximate surface area is 77.5 Å². The van der Waals surface area contributed by atoms with Crippen LogP contribution in [0.15, 0.2) is 18.2 Å². The van der Waals surface area contributed by atoms with Crippen LogP contribution in [-0.2, 0) is 0 Å². The SMILES string of the molecule is N#Cc1ccc(C(F)F)c([N+](=O)[O-])c1. The minimum atomic E-state index is -2.91. The van der Waals surface area contributed by atoms with Crippen LogP contribution in [0.2, 0.25) is 0 Å². The number of nitriles is 1. The Kier molecular flexibility index (Phi) is 2.72. The summed E-state index contributed by atoms with van der Waals surface area (Å²) in [6.45, 7) is 0. The molecule has 0 radical (unpaired) electrons. The Hall–Kier alpha value is -2.03. The van der Waals surface area contributed by atoms with Crippen LogP contribution in [0.25, 0.3) is 0 Å². The number of halogens is 2. The quantitative estimate of drug-likeness (QED) is 0.541. The van der Waals surface area contributed by atoms with Crippen LogP contribution in [0.1, 0.15) is 17.6 Å². The fourth-order valence-corrected chi connectivity index (χ4v) is 0.956. The molecule has 0 bridgehead atoms. The molecular weight excluding hydrogens is 194 g/mol. The van der Waals surface area contributed by atoms with Gasteiger partial charge in [-0.3, -0.25) is 10.1 Å². The molecule has 4 nitrogen and oxygen atoms in total. The van der Waals surface area contributed by atoms with E-state index in [1.165, 1.54) is 0 Å². The molecule has 0 amide bonds. The number of hydrogen-bond acceptors (Lipinski definition) is 3. The highest BCUT2D eigenvalue weighted by Crippen LogP contribution is 2.29. The van der Waals surface area contributed by atoms with Gasteiger partial charge >= 0.3 is 0 Å². The Morgan fingerprint density at radius 2 is 2.14 bits per heavy atom. The number of nitrogens with zero attached hydrogens (tertiary/aromatic N) is 2. The summed E-state index contributed by atoms with van der Waals surface area (Å²) >= 11 is 0. The predicted octanol–water partition coefficient (Wildman–Crippen LogP) is 2.40. The van der Waals surface area contributed by atoms with Gasteiger partial charge in [0.2, 0.25) is 0 Å². The maximum Gasteiger partial charge on any atom is 0.279 e. The average Bonchev–Trinajstić information content (AvgIpc) is 2.16. The van der Waals surface area contributed by atoms with Gasteiger partial charge in [0.25, 0.3) is 12.1 Å². The van der Waals surface area contributed by atoms with Gasteiger partial charge in [-0.05, 0) is 12.1 Å². The van der Waals surface area contributed by atoms with Crippen molar-refractivity contribution in [1.29, 1.82) is 5.26 Å². The molecule has 72 valence electrons. The Bertz CT molecular complexity index is 412. The van der Waals surface area contributed by atoms with Gasteiger partial charge in [0, 0.05) is 6.07 Å². The number of nitro groups is 1. The van der Waals surface area contributed by atoms with E-state index in [1.54, 1.807) is 6.07 Å². The summed E-state index contributed by atoms with van der Waals surface area (Å²) < 4.78 is 24.5. The molecule has 0 saturated heterocycles. The second kappa shape index (κ2) is 3.79. The van der Waals surface area contributed by atoms with Crippen molar-refractivity contribution >= 4 is 5.69 Å². The summed E-state index contributed by atoms with van der Waals surface area (Å²) in [5.74, 6) is 0. The van der Waals surface area contributed by atoms with Gasteiger partial charge in [0.15, 0.2) is 0 Å². The summed E-state index contributed by atoms with van der Waals surface area (Å²) in [6.07, 6.45) is -2.91. The zero-order valence-electron chi connectivity index (χ0n) is 6.78. The molecule has 1 rings (SSSR count). The average molecular weight is 198 g/mol. The van der Waals surface area contributed by atoms with Gasteiger partial charge in [-0.1, -0.05) is 0 Å². The number of benzene rings is 1. The van der Waals surface area contributed by atoms with Crippen molar-refractivity contribution in [3.63, 3.8) is 0 Å². The minimum Gasteiger partial charge on any atom is -0.258 e. The molecule has 0 aliphatic heterocycles. The summed E-state index contributed by atoms with van der Waals surface area (Å²) in [5.41, 5.74) is -1.41. The zero-order valence-corrected chi connectivity index (χ0v) is 6.78. The van der Waals surface area contributed by atoms with E-state index in [0.29, 0.717) is 0 Å². The highest BCUT2D eigenvalue weighted by atomic mass is 19.3. The van der Waals surface area contributed by atoms with Crippen LogP contribution in [0, 0.1) is 21.4 Å². The van der Waals surface area contributed by atoms with Gasteiger partial charge in [-0.2, -0.15) is 5.26 Å². The van der Waals surface area contributed by atoms with Crippen molar-refractivity contribution in [3.05, 3.63) is 39.4 Å². The molecule has 0 atom stereocenters. The maximum atomic E-state index is 12.2. The third-order valence-corrected chi connectivity index (χ3v) is 1.59. The van der Waals surface area contributed by atoms with Crippen LogP contribution in [0.3, 0.4) is 0 Å². The second-order valence-corrected chi connectivity index (χ2v) is 2.44. The van der Waals surface area contributed by atoms with Crippen LogP contribution in [0.4, 0.5) is 14.5 Å². The van der Waals surface area contributed by atoms with Crippen molar-refractivity contribution in [1.82, 2.24) is 0 Å². The maximum absolute atomic E-state index is 12.2. The zero-order chi connectivity index (χ0) is 10.7. The molecule has 14 heavy (non-hydrogen) atoms. The summed E-state index contributed by atoms with van der Waals surface area (Å²) in [7, 11) is 0. The lowest BCUT2D eigenvalue weighted by Gasteiger charge is -2.00. The number of hydrogen-bond donors (Lipinski definition) is 0. The first-order chi connectivity index (χ1) is 6.56. The largest absolute Gasteiger partial charge is 0.279 e. The number of nitro benzene ring substituents is 1. The first-order valence-corrected chi connectivity index (χ1v) is 3.53. The Morgan fingerprint density at radius 3 is 2.57 bits per heavy atom. The normalized spacial score (nSPS) is 9.86. The molecule has 0 spiro atoms. The molecule has 0 saturated carbocycles. The monoisotopic (exact) mass is 198 g/mol. The van der Waals surface area contributed by atoms with Crippen molar-refractivity contribution in [2.24, 2.45) is 0 Å². The van der Waals surface area contributed by atoms with E-state index in [2.05, 4.69) is 0 Å². The highest BCUT2D eigenvalue weighted by molar-refractivity contribution is 5.47. The Balaban J connectivity index is 3.33. The van der Waals surface area contributed by atoms with E-state index in [9.17, 15) is 18.9 Å². The fourth-order valence-electron chi connectivity index (χ4n) is 0.956. The molecule has 0 unspecified atom stereocenters. The van der Waals surface area contributed by atoms with Crippen LogP contribution >= 0.6 is 0 Å². The van der Waals surface area contributed by atoms with Crippen LogP contribution in [0.5, 0.6) is 0 Å². The molecule has 6 heteroatoms. The van der Waals surface area contributed by atoms with Crippen molar-refractivity contribution < 1.29 is 13.7 Å². The van der Waals surface area contributed by atoms with Crippen LogP contribution < -0.4 is 0 Å². The van der Waals surface area contributed by atoms with Gasteiger partial charge in [-0.15, -0.1) is 0 Å². The topological polar surface area (TPSA) is 66.9 Å². The minimum absolute atomic E-state index is 0.0129. The van der Waals surface area contributed by atoms with E-state index in [-0.39, 0.29) is 5.56 Å². The lowest BCUT2D eigenvalue weighted by atomic mass is 10.1. The molecule has 1 aromatic rings. The standard InChI is InChI=1S/C8H4F2N2O2/c9-8(10)6-2-1-5(4-11)3-7(6)12(13)14/h1-3,8H. The summed E-state index contributed by atoms with van der Waals surface area (Å²) in [4.78, 5) is 9.43. The van der Waals surface area contributed by atoms with E-state index in [4.69, 9.17) is 5.26 Å².